The number of aryl methyl sites for hydroxylation is 1. The van der Waals surface area contributed by atoms with Crippen molar-refractivity contribution in [2.75, 3.05) is 6.61 Å². The second kappa shape index (κ2) is 16.2. The summed E-state index contributed by atoms with van der Waals surface area (Å²) in [5.74, 6) is 1.25. The van der Waals surface area contributed by atoms with Crippen LogP contribution in [0.25, 0.3) is 11.1 Å². The number of pyridine rings is 1. The molecule has 0 bridgehead atoms. The topological polar surface area (TPSA) is 22.1 Å². The second-order valence-corrected chi connectivity index (χ2v) is 10.2. The van der Waals surface area contributed by atoms with Crippen molar-refractivity contribution >= 4 is 0 Å². The Morgan fingerprint density at radius 2 is 1.22 bits per heavy atom. The lowest BCUT2D eigenvalue weighted by atomic mass is 9.94. The third kappa shape index (κ3) is 9.45. The Kier molecular flexibility index (Phi) is 12.6. The molecule has 1 unspecified atom stereocenters. The molecule has 0 spiro atoms. The van der Waals surface area contributed by atoms with Crippen LogP contribution in [-0.2, 0) is 6.42 Å². The number of nitrogens with zero attached hydrogens (tertiary/aromatic N) is 1. The highest BCUT2D eigenvalue weighted by molar-refractivity contribution is 5.64. The molecule has 2 nitrogen and oxygen atoms in total. The Labute approximate surface area is 220 Å². The van der Waals surface area contributed by atoms with Crippen LogP contribution in [0.1, 0.15) is 114 Å². The van der Waals surface area contributed by atoms with Gasteiger partial charge in [0.2, 0.25) is 0 Å². The number of hydrogen-bond acceptors (Lipinski definition) is 2. The molecule has 194 valence electrons. The summed E-state index contributed by atoms with van der Waals surface area (Å²) < 4.78 is 5.94. The van der Waals surface area contributed by atoms with Gasteiger partial charge in [-0.2, -0.15) is 0 Å². The number of rotatable bonds is 17. The zero-order valence-electron chi connectivity index (χ0n) is 23.0. The predicted octanol–water partition coefficient (Wildman–Crippen LogP) is 10.2. The SMILES string of the molecule is CCCCCCCCOc1ccc(-c2ccc(C(C)c3ccc(CCCCCCC)cn3)cc2)cc1. The van der Waals surface area contributed by atoms with E-state index in [1.165, 1.54) is 86.5 Å². The van der Waals surface area contributed by atoms with Crippen LogP contribution in [0.15, 0.2) is 66.9 Å². The van der Waals surface area contributed by atoms with E-state index in [-0.39, 0.29) is 5.92 Å². The van der Waals surface area contributed by atoms with Gasteiger partial charge in [-0.15, -0.1) is 0 Å². The first-order chi connectivity index (χ1) is 17.7. The van der Waals surface area contributed by atoms with Crippen LogP contribution in [0, 0.1) is 0 Å². The Morgan fingerprint density at radius 3 is 1.83 bits per heavy atom. The van der Waals surface area contributed by atoms with Crippen molar-refractivity contribution in [3.63, 3.8) is 0 Å². The molecular weight excluding hydrogens is 438 g/mol. The third-order valence-corrected chi connectivity index (χ3v) is 7.23. The first kappa shape index (κ1) is 28.0. The molecule has 0 aliphatic rings. The minimum atomic E-state index is 0.287. The highest BCUT2D eigenvalue weighted by Gasteiger charge is 2.10. The third-order valence-electron chi connectivity index (χ3n) is 7.23. The van der Waals surface area contributed by atoms with Crippen LogP contribution in [0.5, 0.6) is 5.75 Å². The fourth-order valence-electron chi connectivity index (χ4n) is 4.72. The van der Waals surface area contributed by atoms with E-state index >= 15 is 0 Å². The predicted molar refractivity (Wildman–Crippen MR) is 155 cm³/mol. The summed E-state index contributed by atoms with van der Waals surface area (Å²) in [5.41, 5.74) is 6.27. The molecule has 0 fully saturated rings. The van der Waals surface area contributed by atoms with Gasteiger partial charge in [-0.05, 0) is 59.7 Å². The minimum absolute atomic E-state index is 0.287. The maximum atomic E-state index is 5.94. The van der Waals surface area contributed by atoms with Gasteiger partial charge >= 0.3 is 0 Å². The summed E-state index contributed by atoms with van der Waals surface area (Å²) in [4.78, 5) is 4.80. The average Bonchev–Trinajstić information content (AvgIpc) is 2.93. The van der Waals surface area contributed by atoms with E-state index in [2.05, 4.69) is 87.6 Å². The van der Waals surface area contributed by atoms with E-state index in [0.29, 0.717) is 0 Å². The first-order valence-corrected chi connectivity index (χ1v) is 14.5. The van der Waals surface area contributed by atoms with Crippen LogP contribution in [0.4, 0.5) is 0 Å². The zero-order valence-corrected chi connectivity index (χ0v) is 23.0. The molecule has 0 saturated carbocycles. The van der Waals surface area contributed by atoms with Crippen LogP contribution in [0.2, 0.25) is 0 Å². The molecule has 0 radical (unpaired) electrons. The van der Waals surface area contributed by atoms with Gasteiger partial charge in [0.15, 0.2) is 0 Å². The van der Waals surface area contributed by atoms with E-state index in [4.69, 9.17) is 9.72 Å². The lowest BCUT2D eigenvalue weighted by Crippen LogP contribution is -2.00. The Balaban J connectivity index is 1.46. The van der Waals surface area contributed by atoms with E-state index < -0.39 is 0 Å². The molecule has 3 rings (SSSR count). The number of hydrogen-bond donors (Lipinski definition) is 0. The smallest absolute Gasteiger partial charge is 0.119 e. The first-order valence-electron chi connectivity index (χ1n) is 14.5. The Bertz CT molecular complexity index is 960. The number of unbranched alkanes of at least 4 members (excludes halogenated alkanes) is 9. The molecule has 0 amide bonds. The number of ether oxygens (including phenoxy) is 1. The molecule has 0 N–H and O–H groups in total. The molecule has 2 heteroatoms. The van der Waals surface area contributed by atoms with Gasteiger partial charge in [0.1, 0.15) is 5.75 Å². The van der Waals surface area contributed by atoms with Gasteiger partial charge in [-0.1, -0.05) is 121 Å². The molecule has 1 heterocycles. The summed E-state index contributed by atoms with van der Waals surface area (Å²) >= 11 is 0. The number of aromatic nitrogens is 1. The molecule has 0 aliphatic carbocycles. The van der Waals surface area contributed by atoms with E-state index in [1.807, 2.05) is 0 Å². The second-order valence-electron chi connectivity index (χ2n) is 10.2. The lowest BCUT2D eigenvalue weighted by molar-refractivity contribution is 0.304. The molecule has 1 atom stereocenters. The van der Waals surface area contributed by atoms with Crippen molar-refractivity contribution in [2.45, 2.75) is 104 Å². The fourth-order valence-corrected chi connectivity index (χ4v) is 4.72. The highest BCUT2D eigenvalue weighted by atomic mass is 16.5. The molecule has 1 aromatic heterocycles. The standard InChI is InChI=1S/C34H47NO/c1-4-6-8-10-12-14-26-36-33-23-21-32(22-24-33)31-19-17-30(18-20-31)28(3)34-25-16-29(27-35-34)15-13-11-9-7-5-2/h16-25,27-28H,4-15,26H2,1-3H3. The number of benzene rings is 2. The summed E-state index contributed by atoms with van der Waals surface area (Å²) in [6.45, 7) is 7.58. The highest BCUT2D eigenvalue weighted by Crippen LogP contribution is 2.27. The van der Waals surface area contributed by atoms with Gasteiger partial charge in [-0.3, -0.25) is 4.98 Å². The van der Waals surface area contributed by atoms with Gasteiger partial charge in [0.25, 0.3) is 0 Å². The van der Waals surface area contributed by atoms with Crippen molar-refractivity contribution in [3.8, 4) is 16.9 Å². The summed E-state index contributed by atoms with van der Waals surface area (Å²) in [6.07, 6.45) is 17.6. The van der Waals surface area contributed by atoms with Gasteiger partial charge in [0, 0.05) is 17.8 Å². The minimum Gasteiger partial charge on any atom is -0.494 e. The quantitative estimate of drug-likeness (QED) is 0.177. The van der Waals surface area contributed by atoms with Crippen molar-refractivity contribution in [2.24, 2.45) is 0 Å². The fraction of sp³-hybridized carbons (Fsp3) is 0.500. The van der Waals surface area contributed by atoms with Crippen LogP contribution in [-0.4, -0.2) is 11.6 Å². The summed E-state index contributed by atoms with van der Waals surface area (Å²) in [5, 5.41) is 0. The monoisotopic (exact) mass is 485 g/mol. The van der Waals surface area contributed by atoms with Crippen molar-refractivity contribution < 1.29 is 4.74 Å². The van der Waals surface area contributed by atoms with Crippen LogP contribution in [0.3, 0.4) is 0 Å². The zero-order chi connectivity index (χ0) is 25.4. The maximum absolute atomic E-state index is 5.94. The van der Waals surface area contributed by atoms with Crippen molar-refractivity contribution in [1.29, 1.82) is 0 Å². The van der Waals surface area contributed by atoms with E-state index in [9.17, 15) is 0 Å². The molecule has 36 heavy (non-hydrogen) atoms. The molecule has 3 aromatic rings. The molecular formula is C34H47NO. The maximum Gasteiger partial charge on any atom is 0.119 e. The largest absolute Gasteiger partial charge is 0.494 e. The molecule has 0 aliphatic heterocycles. The summed E-state index contributed by atoms with van der Waals surface area (Å²) in [7, 11) is 0. The van der Waals surface area contributed by atoms with E-state index in [1.54, 1.807) is 0 Å². The van der Waals surface area contributed by atoms with Gasteiger partial charge < -0.3 is 4.74 Å². The molecule has 0 saturated heterocycles. The summed E-state index contributed by atoms with van der Waals surface area (Å²) in [6, 6.07) is 21.9. The van der Waals surface area contributed by atoms with Gasteiger partial charge in [0.05, 0.1) is 6.61 Å². The van der Waals surface area contributed by atoms with Crippen LogP contribution >= 0.6 is 0 Å². The normalized spacial score (nSPS) is 12.0. The van der Waals surface area contributed by atoms with Crippen LogP contribution < -0.4 is 4.74 Å². The lowest BCUT2D eigenvalue weighted by Gasteiger charge is -2.13. The average molecular weight is 486 g/mol. The van der Waals surface area contributed by atoms with Gasteiger partial charge in [-0.25, -0.2) is 0 Å². The van der Waals surface area contributed by atoms with E-state index in [0.717, 1.165) is 30.9 Å². The molecule has 2 aromatic carbocycles. The van der Waals surface area contributed by atoms with Crippen molar-refractivity contribution in [1.82, 2.24) is 4.98 Å². The Hall–Kier alpha value is -2.61. The Morgan fingerprint density at radius 1 is 0.639 bits per heavy atom. The van der Waals surface area contributed by atoms with Crippen molar-refractivity contribution in [3.05, 3.63) is 83.7 Å².